The molecule has 136 valence electrons. The largest absolute Gasteiger partial charge is 0.394 e. The van der Waals surface area contributed by atoms with Gasteiger partial charge >= 0.3 is 0 Å². The summed E-state index contributed by atoms with van der Waals surface area (Å²) >= 11 is 0. The highest BCUT2D eigenvalue weighted by Gasteiger charge is 2.35. The van der Waals surface area contributed by atoms with Gasteiger partial charge in [0.2, 0.25) is 0 Å². The zero-order valence-corrected chi connectivity index (χ0v) is 15.5. The minimum Gasteiger partial charge on any atom is -0.394 e. The highest BCUT2D eigenvalue weighted by molar-refractivity contribution is 5.27. The van der Waals surface area contributed by atoms with Crippen LogP contribution in [0, 0.1) is 0 Å². The van der Waals surface area contributed by atoms with E-state index in [1.165, 1.54) is 36.8 Å². The molecule has 2 atom stereocenters. The molecule has 0 amide bonds. The maximum atomic E-state index is 9.40. The molecule has 0 aromatic heterocycles. The van der Waals surface area contributed by atoms with Gasteiger partial charge in [-0.3, -0.25) is 0 Å². The van der Waals surface area contributed by atoms with Gasteiger partial charge in [-0.2, -0.15) is 0 Å². The Kier molecular flexibility index (Phi) is 7.73. The molecule has 3 nitrogen and oxygen atoms in total. The molecule has 0 spiro atoms. The molecule has 1 fully saturated rings. The van der Waals surface area contributed by atoms with E-state index in [2.05, 4.69) is 38.1 Å². The summed E-state index contributed by atoms with van der Waals surface area (Å²) in [6.45, 7) is 5.17. The minimum absolute atomic E-state index is 0.101. The molecule has 0 aliphatic heterocycles. The van der Waals surface area contributed by atoms with Crippen LogP contribution in [0.1, 0.15) is 75.8 Å². The molecule has 1 aromatic rings. The van der Waals surface area contributed by atoms with E-state index in [4.69, 9.17) is 10.5 Å². The molecule has 0 heterocycles. The number of hydrogen-bond donors (Lipinski definition) is 2. The van der Waals surface area contributed by atoms with Gasteiger partial charge in [0.15, 0.2) is 0 Å². The number of aliphatic hydroxyl groups is 1. The van der Waals surface area contributed by atoms with E-state index in [0.717, 1.165) is 32.3 Å². The van der Waals surface area contributed by atoms with Gasteiger partial charge in [0.25, 0.3) is 0 Å². The second-order valence-electron chi connectivity index (χ2n) is 7.79. The van der Waals surface area contributed by atoms with Crippen molar-refractivity contribution in [3.63, 3.8) is 0 Å². The van der Waals surface area contributed by atoms with E-state index in [1.54, 1.807) is 0 Å². The minimum atomic E-state index is -0.359. The number of ether oxygens (including phenoxy) is 1. The van der Waals surface area contributed by atoms with Crippen LogP contribution >= 0.6 is 0 Å². The number of aliphatic hydroxyl groups excluding tert-OH is 1. The van der Waals surface area contributed by atoms with Gasteiger partial charge in [-0.1, -0.05) is 37.1 Å². The quantitative estimate of drug-likeness (QED) is 0.632. The number of rotatable bonds is 10. The first kappa shape index (κ1) is 19.4. The van der Waals surface area contributed by atoms with Crippen molar-refractivity contribution in [3.05, 3.63) is 35.4 Å². The Morgan fingerprint density at radius 2 is 1.88 bits per heavy atom. The first-order chi connectivity index (χ1) is 11.5. The molecule has 24 heavy (non-hydrogen) atoms. The van der Waals surface area contributed by atoms with Crippen LogP contribution in [0.2, 0.25) is 0 Å². The highest BCUT2D eigenvalue weighted by atomic mass is 16.5. The van der Waals surface area contributed by atoms with E-state index in [1.807, 2.05) is 0 Å². The number of unbranched alkanes of at least 4 members (excludes halogenated alkanes) is 3. The average Bonchev–Trinajstić information content (AvgIpc) is 2.97. The van der Waals surface area contributed by atoms with E-state index in [0.29, 0.717) is 12.0 Å². The van der Waals surface area contributed by atoms with Crippen LogP contribution in [0.3, 0.4) is 0 Å². The summed E-state index contributed by atoms with van der Waals surface area (Å²) in [6.07, 6.45) is 9.39. The van der Waals surface area contributed by atoms with E-state index < -0.39 is 0 Å². The molecule has 3 N–H and O–H groups in total. The van der Waals surface area contributed by atoms with Crippen molar-refractivity contribution in [3.8, 4) is 0 Å². The fourth-order valence-electron chi connectivity index (χ4n) is 3.64. The summed E-state index contributed by atoms with van der Waals surface area (Å²) in [5.41, 5.74) is 8.64. The predicted molar refractivity (Wildman–Crippen MR) is 100 cm³/mol. The molecule has 2 rings (SSSR count). The van der Waals surface area contributed by atoms with Gasteiger partial charge in [-0.25, -0.2) is 0 Å². The van der Waals surface area contributed by atoms with Gasteiger partial charge in [0.05, 0.1) is 12.7 Å². The molecule has 1 aromatic carbocycles. The second kappa shape index (κ2) is 9.55. The smallest absolute Gasteiger partial charge is 0.0611 e. The lowest BCUT2D eigenvalue weighted by molar-refractivity contribution is 0.0757. The number of nitrogens with two attached hydrogens (primary N) is 1. The van der Waals surface area contributed by atoms with Crippen molar-refractivity contribution in [2.45, 2.75) is 82.8 Å². The zero-order chi connectivity index (χ0) is 17.4. The lowest BCUT2D eigenvalue weighted by atomic mass is 9.92. The molecular weight excluding hydrogens is 298 g/mol. The molecular formula is C21H35NO2. The molecule has 1 aliphatic carbocycles. The summed E-state index contributed by atoms with van der Waals surface area (Å²) in [7, 11) is 0. The molecule has 1 saturated carbocycles. The topological polar surface area (TPSA) is 55.5 Å². The number of hydrogen-bond acceptors (Lipinski definition) is 3. The monoisotopic (exact) mass is 333 g/mol. The lowest BCUT2D eigenvalue weighted by Gasteiger charge is -2.21. The Balaban J connectivity index is 1.66. The van der Waals surface area contributed by atoms with Crippen molar-refractivity contribution >= 4 is 0 Å². The van der Waals surface area contributed by atoms with Gasteiger partial charge in [-0.15, -0.1) is 0 Å². The summed E-state index contributed by atoms with van der Waals surface area (Å²) in [4.78, 5) is 0. The Hall–Kier alpha value is -0.900. The summed E-state index contributed by atoms with van der Waals surface area (Å²) in [5.74, 6) is 0.511. The molecule has 3 heteroatoms. The van der Waals surface area contributed by atoms with Gasteiger partial charge < -0.3 is 15.6 Å². The fraction of sp³-hybridized carbons (Fsp3) is 0.714. The maximum absolute atomic E-state index is 9.40. The van der Waals surface area contributed by atoms with Gasteiger partial charge in [0.1, 0.15) is 0 Å². The van der Waals surface area contributed by atoms with Crippen LogP contribution in [0.15, 0.2) is 24.3 Å². The SMILES string of the molecule is CC(C)OCCCCCCc1ccc([C@H]2CC[C@@](N)(CO)C2)cc1. The van der Waals surface area contributed by atoms with Crippen molar-refractivity contribution in [1.29, 1.82) is 0 Å². The van der Waals surface area contributed by atoms with Crippen LogP contribution in [0.5, 0.6) is 0 Å². The van der Waals surface area contributed by atoms with Crippen LogP contribution in [0.4, 0.5) is 0 Å². The van der Waals surface area contributed by atoms with Crippen molar-refractivity contribution in [1.82, 2.24) is 0 Å². The van der Waals surface area contributed by atoms with E-state index in [9.17, 15) is 5.11 Å². The molecule has 0 radical (unpaired) electrons. The highest BCUT2D eigenvalue weighted by Crippen LogP contribution is 2.39. The van der Waals surface area contributed by atoms with Crippen LogP contribution in [0.25, 0.3) is 0 Å². The lowest BCUT2D eigenvalue weighted by Crippen LogP contribution is -2.40. The summed E-state index contributed by atoms with van der Waals surface area (Å²) in [6, 6.07) is 9.07. The normalized spacial score (nSPS) is 24.0. The summed E-state index contributed by atoms with van der Waals surface area (Å²) < 4.78 is 5.57. The number of benzene rings is 1. The first-order valence-corrected chi connectivity index (χ1v) is 9.62. The van der Waals surface area contributed by atoms with Crippen molar-refractivity contribution < 1.29 is 9.84 Å². The van der Waals surface area contributed by atoms with Crippen LogP contribution < -0.4 is 5.73 Å². The van der Waals surface area contributed by atoms with Crippen molar-refractivity contribution in [2.75, 3.05) is 13.2 Å². The molecule has 0 saturated heterocycles. The van der Waals surface area contributed by atoms with Crippen molar-refractivity contribution in [2.24, 2.45) is 5.73 Å². The van der Waals surface area contributed by atoms with Gasteiger partial charge in [-0.05, 0) is 69.4 Å². The third kappa shape index (κ3) is 6.19. The van der Waals surface area contributed by atoms with Crippen LogP contribution in [-0.2, 0) is 11.2 Å². The fourth-order valence-corrected chi connectivity index (χ4v) is 3.64. The first-order valence-electron chi connectivity index (χ1n) is 9.62. The average molecular weight is 334 g/mol. The maximum Gasteiger partial charge on any atom is 0.0611 e. The zero-order valence-electron chi connectivity index (χ0n) is 15.5. The standard InChI is InChI=1S/C21H35NO2/c1-17(2)24-14-6-4-3-5-7-18-8-10-19(11-9-18)20-12-13-21(22,15-20)16-23/h8-11,17,20,23H,3-7,12-16,22H2,1-2H3/t20-,21-/m0/s1. The Bertz CT molecular complexity index is 471. The third-order valence-corrected chi connectivity index (χ3v) is 5.22. The molecule has 1 aliphatic rings. The second-order valence-corrected chi connectivity index (χ2v) is 7.79. The number of aryl methyl sites for hydroxylation is 1. The summed E-state index contributed by atoms with van der Waals surface area (Å²) in [5, 5.41) is 9.40. The van der Waals surface area contributed by atoms with E-state index >= 15 is 0 Å². The predicted octanol–water partition coefficient (Wildman–Crippen LogP) is 4.17. The van der Waals surface area contributed by atoms with Crippen LogP contribution in [-0.4, -0.2) is 30.0 Å². The van der Waals surface area contributed by atoms with Gasteiger partial charge in [0, 0.05) is 12.1 Å². The Labute approximate surface area is 147 Å². The Morgan fingerprint density at radius 1 is 1.17 bits per heavy atom. The Morgan fingerprint density at radius 3 is 2.50 bits per heavy atom. The van der Waals surface area contributed by atoms with E-state index in [-0.39, 0.29) is 12.1 Å². The molecule has 0 bridgehead atoms. The molecule has 0 unspecified atom stereocenters. The third-order valence-electron chi connectivity index (χ3n) is 5.22.